The normalized spacial score (nSPS) is 10.4. The van der Waals surface area contributed by atoms with E-state index in [4.69, 9.17) is 5.73 Å². The molecular formula is C14H10FN3O8. The van der Waals surface area contributed by atoms with Crippen molar-refractivity contribution in [2.24, 2.45) is 0 Å². The van der Waals surface area contributed by atoms with Crippen LogP contribution < -0.4 is 16.0 Å². The van der Waals surface area contributed by atoms with E-state index in [0.717, 1.165) is 7.11 Å². The Kier molecular flexibility index (Phi) is 4.60. The number of carbonyl (C=O) groups is 2. The molecule has 1 aromatic carbocycles. The van der Waals surface area contributed by atoms with E-state index < -0.39 is 67.7 Å². The monoisotopic (exact) mass is 367 g/mol. The van der Waals surface area contributed by atoms with Gasteiger partial charge in [0.25, 0.3) is 5.56 Å². The first-order valence-corrected chi connectivity index (χ1v) is 6.64. The number of ether oxygens (including phenoxy) is 1. The molecular weight excluding hydrogens is 357 g/mol. The van der Waals surface area contributed by atoms with Gasteiger partial charge in [-0.25, -0.2) is 14.0 Å². The molecule has 0 aliphatic carbocycles. The number of aromatic amines is 1. The third-order valence-corrected chi connectivity index (χ3v) is 3.39. The van der Waals surface area contributed by atoms with Gasteiger partial charge < -0.3 is 25.7 Å². The number of aromatic carboxylic acids is 2. The number of H-pyrrole nitrogens is 1. The van der Waals surface area contributed by atoms with Crippen LogP contribution in [0.2, 0.25) is 0 Å². The van der Waals surface area contributed by atoms with E-state index in [1.807, 2.05) is 4.98 Å². The van der Waals surface area contributed by atoms with E-state index in [1.165, 1.54) is 0 Å². The molecule has 0 saturated heterocycles. The zero-order valence-electron chi connectivity index (χ0n) is 12.9. The summed E-state index contributed by atoms with van der Waals surface area (Å²) in [5.74, 6) is -6.26. The Morgan fingerprint density at radius 1 is 1.27 bits per heavy atom. The molecule has 0 amide bonds. The van der Waals surface area contributed by atoms with Crippen LogP contribution in [-0.4, -0.2) is 39.2 Å². The number of aromatic nitrogens is 1. The van der Waals surface area contributed by atoms with Crippen LogP contribution >= 0.6 is 0 Å². The van der Waals surface area contributed by atoms with Gasteiger partial charge in [-0.1, -0.05) is 0 Å². The standard InChI is InChI=1S/C14H10FN3O8/c1-26-10-5(15)2-4(3-6(10)18(24)25)7-8(13(20)21)11(16)17-12(19)9(7)14(22)23/h2-3H,1H3,(H,20,21)(H,22,23)(H3,16,17,19). The zero-order valence-corrected chi connectivity index (χ0v) is 12.9. The van der Waals surface area contributed by atoms with E-state index >= 15 is 0 Å². The van der Waals surface area contributed by atoms with Gasteiger partial charge in [0, 0.05) is 11.6 Å². The maximum Gasteiger partial charge on any atom is 0.342 e. The Morgan fingerprint density at radius 3 is 2.31 bits per heavy atom. The van der Waals surface area contributed by atoms with Crippen LogP contribution in [-0.2, 0) is 0 Å². The van der Waals surface area contributed by atoms with Crippen molar-refractivity contribution in [1.82, 2.24) is 4.98 Å². The summed E-state index contributed by atoms with van der Waals surface area (Å²) in [7, 11) is 0.974. The average Bonchev–Trinajstić information content (AvgIpc) is 2.52. The molecule has 5 N–H and O–H groups in total. The SMILES string of the molecule is COc1c(F)cc(-c2c(C(=O)O)c(N)[nH]c(=O)c2C(=O)O)cc1[N+](=O)[O-]. The van der Waals surface area contributed by atoms with Crippen molar-refractivity contribution in [2.75, 3.05) is 12.8 Å². The predicted octanol–water partition coefficient (Wildman–Crippen LogP) is 1.08. The van der Waals surface area contributed by atoms with Crippen LogP contribution in [0, 0.1) is 15.9 Å². The molecule has 11 nitrogen and oxygen atoms in total. The summed E-state index contributed by atoms with van der Waals surface area (Å²) in [5, 5.41) is 29.7. The van der Waals surface area contributed by atoms with Crippen LogP contribution in [0.4, 0.5) is 15.9 Å². The molecule has 0 saturated carbocycles. The summed E-state index contributed by atoms with van der Waals surface area (Å²) >= 11 is 0. The summed E-state index contributed by atoms with van der Waals surface area (Å²) in [6.45, 7) is 0. The van der Waals surface area contributed by atoms with Crippen molar-refractivity contribution in [3.8, 4) is 16.9 Å². The second-order valence-electron chi connectivity index (χ2n) is 4.87. The van der Waals surface area contributed by atoms with E-state index in [2.05, 4.69) is 4.74 Å². The molecule has 0 fully saturated rings. The van der Waals surface area contributed by atoms with Crippen LogP contribution in [0.25, 0.3) is 11.1 Å². The van der Waals surface area contributed by atoms with Crippen LogP contribution in [0.15, 0.2) is 16.9 Å². The van der Waals surface area contributed by atoms with Gasteiger partial charge in [0.15, 0.2) is 5.82 Å². The Bertz CT molecular complexity index is 1010. The molecule has 1 heterocycles. The molecule has 0 atom stereocenters. The second kappa shape index (κ2) is 6.51. The Hall–Kier alpha value is -3.96. The number of hydrogen-bond donors (Lipinski definition) is 4. The molecule has 0 spiro atoms. The first kappa shape index (κ1) is 18.4. The number of nitro benzene ring substituents is 1. The molecule has 2 rings (SSSR count). The Balaban J connectivity index is 3.05. The molecule has 136 valence electrons. The maximum atomic E-state index is 14.2. The first-order chi connectivity index (χ1) is 12.1. The Labute approximate surface area is 142 Å². The number of nitrogens with zero attached hydrogens (tertiary/aromatic N) is 1. The number of hydrogen-bond acceptors (Lipinski definition) is 7. The number of methoxy groups -OCH3 is 1. The molecule has 0 bridgehead atoms. The fourth-order valence-electron chi connectivity index (χ4n) is 2.40. The van der Waals surface area contributed by atoms with Crippen LogP contribution in [0.5, 0.6) is 5.75 Å². The van der Waals surface area contributed by atoms with Crippen LogP contribution in [0.1, 0.15) is 20.7 Å². The van der Waals surface area contributed by atoms with Crippen molar-refractivity contribution < 1.29 is 33.9 Å². The fraction of sp³-hybridized carbons (Fsp3) is 0.0714. The third kappa shape index (κ3) is 2.90. The van der Waals surface area contributed by atoms with Crippen molar-refractivity contribution >= 4 is 23.4 Å². The number of nitrogens with one attached hydrogen (secondary N) is 1. The second-order valence-corrected chi connectivity index (χ2v) is 4.87. The lowest BCUT2D eigenvalue weighted by molar-refractivity contribution is -0.385. The van der Waals surface area contributed by atoms with Crippen molar-refractivity contribution in [1.29, 1.82) is 0 Å². The van der Waals surface area contributed by atoms with E-state index in [0.29, 0.717) is 12.1 Å². The number of nitrogens with two attached hydrogens (primary N) is 1. The summed E-state index contributed by atoms with van der Waals surface area (Å²) in [5.41, 5.74) is 0.0767. The van der Waals surface area contributed by atoms with Crippen LogP contribution in [0.3, 0.4) is 0 Å². The van der Waals surface area contributed by atoms with Crippen molar-refractivity contribution in [2.45, 2.75) is 0 Å². The number of carboxylic acid groups (broad SMARTS) is 2. The Morgan fingerprint density at radius 2 is 1.85 bits per heavy atom. The molecule has 2 aromatic rings. The first-order valence-electron chi connectivity index (χ1n) is 6.64. The lowest BCUT2D eigenvalue weighted by atomic mass is 9.94. The van der Waals surface area contributed by atoms with Gasteiger partial charge in [0.05, 0.1) is 12.0 Å². The number of nitrogen functional groups attached to an aromatic ring is 1. The van der Waals surface area contributed by atoms with E-state index in [1.54, 1.807) is 0 Å². The highest BCUT2D eigenvalue weighted by molar-refractivity contribution is 6.07. The highest BCUT2D eigenvalue weighted by Gasteiger charge is 2.30. The molecule has 0 radical (unpaired) electrons. The fourth-order valence-corrected chi connectivity index (χ4v) is 2.40. The smallest absolute Gasteiger partial charge is 0.342 e. The zero-order chi connectivity index (χ0) is 19.8. The average molecular weight is 367 g/mol. The van der Waals surface area contributed by atoms with E-state index in [-0.39, 0.29) is 0 Å². The van der Waals surface area contributed by atoms with Crippen molar-refractivity contribution in [3.05, 3.63) is 49.5 Å². The van der Waals surface area contributed by atoms with E-state index in [9.17, 15) is 39.1 Å². The van der Waals surface area contributed by atoms with Gasteiger partial charge in [0.2, 0.25) is 5.75 Å². The highest BCUT2D eigenvalue weighted by atomic mass is 19.1. The number of carboxylic acids is 2. The minimum Gasteiger partial charge on any atom is -0.488 e. The number of rotatable bonds is 5. The number of anilines is 1. The quantitative estimate of drug-likeness (QED) is 0.443. The third-order valence-electron chi connectivity index (χ3n) is 3.39. The number of pyridine rings is 1. The summed E-state index contributed by atoms with van der Waals surface area (Å²) < 4.78 is 18.8. The largest absolute Gasteiger partial charge is 0.488 e. The molecule has 0 aliphatic heterocycles. The molecule has 26 heavy (non-hydrogen) atoms. The highest BCUT2D eigenvalue weighted by Crippen LogP contribution is 2.37. The number of benzene rings is 1. The lowest BCUT2D eigenvalue weighted by Crippen LogP contribution is -2.24. The lowest BCUT2D eigenvalue weighted by Gasteiger charge is -2.13. The van der Waals surface area contributed by atoms with Gasteiger partial charge in [-0.15, -0.1) is 0 Å². The molecule has 0 aliphatic rings. The summed E-state index contributed by atoms with van der Waals surface area (Å²) in [4.78, 5) is 46.8. The topological polar surface area (TPSA) is 186 Å². The summed E-state index contributed by atoms with van der Waals surface area (Å²) in [6, 6.07) is 1.30. The predicted molar refractivity (Wildman–Crippen MR) is 84.0 cm³/mol. The minimum absolute atomic E-state index is 0.539. The minimum atomic E-state index is -1.83. The molecule has 1 aromatic heterocycles. The van der Waals surface area contributed by atoms with Gasteiger partial charge in [-0.05, 0) is 11.6 Å². The van der Waals surface area contributed by atoms with Crippen molar-refractivity contribution in [3.63, 3.8) is 0 Å². The molecule has 12 heteroatoms. The summed E-state index contributed by atoms with van der Waals surface area (Å²) in [6.07, 6.45) is 0. The number of halogens is 1. The van der Waals surface area contributed by atoms with Gasteiger partial charge >= 0.3 is 17.6 Å². The maximum absolute atomic E-state index is 14.2. The molecule has 0 unspecified atom stereocenters. The van der Waals surface area contributed by atoms with Gasteiger partial charge in [-0.2, -0.15) is 0 Å². The van der Waals surface area contributed by atoms with Gasteiger partial charge in [-0.3, -0.25) is 14.9 Å². The number of nitro groups is 1. The van der Waals surface area contributed by atoms with Gasteiger partial charge in [0.1, 0.15) is 16.9 Å².